The van der Waals surface area contributed by atoms with Gasteiger partial charge in [-0.25, -0.2) is 27.2 Å². The number of sulfonamides is 1. The molecule has 1 aromatic carbocycles. The number of para-hydroxylation sites is 2. The zero-order chi connectivity index (χ0) is 38.4. The number of aromatic nitrogens is 3. The lowest BCUT2D eigenvalue weighted by molar-refractivity contribution is -0.141. The zero-order valence-corrected chi connectivity index (χ0v) is 30.8. The zero-order valence-electron chi connectivity index (χ0n) is 30.0. The Morgan fingerprint density at radius 2 is 1.81 bits per heavy atom. The predicted octanol–water partition coefficient (Wildman–Crippen LogP) is 3.11. The Morgan fingerprint density at radius 3 is 2.50 bits per heavy atom. The van der Waals surface area contributed by atoms with Gasteiger partial charge in [-0.3, -0.25) is 23.9 Å². The summed E-state index contributed by atoms with van der Waals surface area (Å²) in [6.45, 7) is 3.36. The third-order valence-corrected chi connectivity index (χ3v) is 12.5. The van der Waals surface area contributed by atoms with Gasteiger partial charge in [0.05, 0.1) is 22.8 Å². The minimum atomic E-state index is -4.08. The minimum absolute atomic E-state index is 0.0661. The van der Waals surface area contributed by atoms with Crippen LogP contribution in [0.15, 0.2) is 34.9 Å². The van der Waals surface area contributed by atoms with Crippen LogP contribution in [0, 0.1) is 12.8 Å². The van der Waals surface area contributed by atoms with E-state index in [1.54, 1.807) is 19.1 Å². The third kappa shape index (κ3) is 7.88. The molecule has 54 heavy (non-hydrogen) atoms. The van der Waals surface area contributed by atoms with Crippen molar-refractivity contribution >= 4 is 44.7 Å². The molecule has 2 aromatic heterocycles. The van der Waals surface area contributed by atoms with Crippen molar-refractivity contribution in [1.29, 1.82) is 0 Å². The van der Waals surface area contributed by atoms with Gasteiger partial charge in [-0.15, -0.1) is 0 Å². The molecular weight excluding hydrogens is 728 g/mol. The van der Waals surface area contributed by atoms with E-state index in [9.17, 15) is 27.6 Å². The predicted molar refractivity (Wildman–Crippen MR) is 188 cm³/mol. The molecule has 2 aliphatic heterocycles. The van der Waals surface area contributed by atoms with Crippen LogP contribution in [0.25, 0.3) is 11.0 Å². The second kappa shape index (κ2) is 14.5. The Morgan fingerprint density at radius 1 is 1.07 bits per heavy atom. The van der Waals surface area contributed by atoms with Crippen molar-refractivity contribution in [3.8, 4) is 5.88 Å². The standard InChI is InChI=1S/C36H43F2N7O8S/c1-3-24-32(41-26-10-7-6-9-25(26)39-24)52-22-16-29-31(47)42-36(34(49)44-54(50,51)23-12-13-23)18-21(36)17-35(37,38)14-8-4-5-11-27(33(48)45(29)19-22)40-30(46)28-15-20(2)53-43-28/h6-7,9-10,15,21-23,27,29H,3-5,8,11-14,16-19H2,1-2H3,(H,40,46)(H,42,47)(H,44,49)/t21-,22-,27+,29+,36-/m1/s1. The van der Waals surface area contributed by atoms with Crippen LogP contribution >= 0.6 is 0 Å². The minimum Gasteiger partial charge on any atom is -0.471 e. The van der Waals surface area contributed by atoms with Crippen LogP contribution < -0.4 is 20.1 Å². The first kappa shape index (κ1) is 37.6. The molecule has 3 aromatic rings. The molecule has 5 atom stereocenters. The highest BCUT2D eigenvalue weighted by molar-refractivity contribution is 7.91. The Hall–Kier alpha value is -4.74. The summed E-state index contributed by atoms with van der Waals surface area (Å²) in [6, 6.07) is 6.17. The van der Waals surface area contributed by atoms with Crippen LogP contribution in [0.1, 0.15) is 93.1 Å². The van der Waals surface area contributed by atoms with Crippen molar-refractivity contribution < 1.29 is 45.6 Å². The first-order valence-electron chi connectivity index (χ1n) is 18.4. The summed E-state index contributed by atoms with van der Waals surface area (Å²) >= 11 is 0. The number of halogens is 2. The number of carbonyl (C=O) groups excluding carboxylic acids is 4. The molecule has 290 valence electrons. The average molecular weight is 772 g/mol. The van der Waals surface area contributed by atoms with E-state index in [-0.39, 0.29) is 43.8 Å². The summed E-state index contributed by atoms with van der Waals surface area (Å²) in [6.07, 6.45) is -0.380. The van der Waals surface area contributed by atoms with Crippen LogP contribution in [0.3, 0.4) is 0 Å². The normalized spacial score (nSPS) is 27.5. The fraction of sp³-hybridized carbons (Fsp3) is 0.583. The summed E-state index contributed by atoms with van der Waals surface area (Å²) < 4.78 is 69.7. The average Bonchev–Trinajstić information content (AvgIpc) is 4.01. The van der Waals surface area contributed by atoms with Crippen molar-refractivity contribution in [2.45, 2.75) is 119 Å². The van der Waals surface area contributed by atoms with E-state index in [1.165, 1.54) is 11.0 Å². The Balaban J connectivity index is 1.21. The van der Waals surface area contributed by atoms with Crippen LogP contribution in [0.2, 0.25) is 0 Å². The molecule has 7 rings (SSSR count). The van der Waals surface area contributed by atoms with Gasteiger partial charge in [0.25, 0.3) is 11.8 Å². The summed E-state index contributed by atoms with van der Waals surface area (Å²) in [7, 11) is -4.08. The molecular formula is C36H43F2N7O8S. The topological polar surface area (TPSA) is 203 Å². The summed E-state index contributed by atoms with van der Waals surface area (Å²) in [5.74, 6) is -6.92. The molecule has 2 saturated heterocycles. The molecule has 0 unspecified atom stereocenters. The second-order valence-corrected chi connectivity index (χ2v) is 16.8. The summed E-state index contributed by atoms with van der Waals surface area (Å²) in [4.78, 5) is 66.3. The third-order valence-electron chi connectivity index (χ3n) is 10.7. The van der Waals surface area contributed by atoms with Gasteiger partial charge < -0.3 is 24.8 Å². The maximum atomic E-state index is 15.3. The second-order valence-electron chi connectivity index (χ2n) is 14.8. The first-order valence-corrected chi connectivity index (χ1v) is 20.0. The van der Waals surface area contributed by atoms with Crippen molar-refractivity contribution in [2.75, 3.05) is 6.54 Å². The molecule has 0 bridgehead atoms. The number of carbonyl (C=O) groups is 4. The molecule has 2 aliphatic carbocycles. The van der Waals surface area contributed by atoms with Gasteiger partial charge in [-0.1, -0.05) is 37.1 Å². The number of fused-ring (bicyclic) bond motifs is 3. The number of ether oxygens (including phenoxy) is 1. The lowest BCUT2D eigenvalue weighted by atomic mass is 10.00. The Kier molecular flexibility index (Phi) is 10.1. The number of aryl methyl sites for hydroxylation is 2. The van der Waals surface area contributed by atoms with Crippen molar-refractivity contribution in [2.24, 2.45) is 5.92 Å². The molecule has 4 heterocycles. The van der Waals surface area contributed by atoms with Crippen molar-refractivity contribution in [3.63, 3.8) is 0 Å². The fourth-order valence-corrected chi connectivity index (χ4v) is 8.83. The SMILES string of the molecule is CCc1nc2ccccc2nc1O[C@@H]1C[C@H]2C(=O)N[C@]3(C(=O)NS(=O)(=O)C4CC4)C[C@H]3CC(F)(F)CCCCC[C@H](NC(=O)c3cc(C)on3)C(=O)N2C1. The highest BCUT2D eigenvalue weighted by Crippen LogP contribution is 2.51. The first-order chi connectivity index (χ1) is 25.7. The van der Waals surface area contributed by atoms with E-state index in [0.29, 0.717) is 54.6 Å². The van der Waals surface area contributed by atoms with E-state index in [1.807, 2.05) is 23.8 Å². The van der Waals surface area contributed by atoms with Gasteiger partial charge in [0.15, 0.2) is 5.69 Å². The van der Waals surface area contributed by atoms with Gasteiger partial charge in [0.2, 0.25) is 33.6 Å². The summed E-state index contributed by atoms with van der Waals surface area (Å²) in [5.41, 5.74) is -0.218. The molecule has 4 aliphatic rings. The monoisotopic (exact) mass is 771 g/mol. The van der Waals surface area contributed by atoms with Crippen LogP contribution in [0.4, 0.5) is 8.78 Å². The fourth-order valence-electron chi connectivity index (χ4n) is 7.46. The van der Waals surface area contributed by atoms with Gasteiger partial charge in [-0.2, -0.15) is 0 Å². The van der Waals surface area contributed by atoms with E-state index in [4.69, 9.17) is 9.26 Å². The smallest absolute Gasteiger partial charge is 0.274 e. The maximum Gasteiger partial charge on any atom is 0.274 e. The molecule has 4 amide bonds. The molecule has 3 N–H and O–H groups in total. The Bertz CT molecular complexity index is 2080. The van der Waals surface area contributed by atoms with Crippen molar-refractivity contribution in [3.05, 3.63) is 47.5 Å². The summed E-state index contributed by atoms with van der Waals surface area (Å²) in [5, 5.41) is 8.29. The van der Waals surface area contributed by atoms with Crippen molar-refractivity contribution in [1.82, 2.24) is 35.4 Å². The highest BCUT2D eigenvalue weighted by Gasteiger charge is 2.65. The molecule has 4 fully saturated rings. The molecule has 15 nitrogen and oxygen atoms in total. The van der Waals surface area contributed by atoms with Gasteiger partial charge >= 0.3 is 0 Å². The van der Waals surface area contributed by atoms with Gasteiger partial charge in [0.1, 0.15) is 35.2 Å². The molecule has 0 radical (unpaired) electrons. The van der Waals surface area contributed by atoms with Gasteiger partial charge in [-0.05, 0) is 63.5 Å². The number of nitrogens with one attached hydrogen (secondary N) is 3. The largest absolute Gasteiger partial charge is 0.471 e. The number of hydrogen-bond donors (Lipinski definition) is 3. The van der Waals surface area contributed by atoms with Crippen LogP contribution in [-0.2, 0) is 30.8 Å². The van der Waals surface area contributed by atoms with Gasteiger partial charge in [0, 0.05) is 25.3 Å². The Labute approximate surface area is 310 Å². The molecule has 18 heteroatoms. The maximum absolute atomic E-state index is 15.3. The number of benzene rings is 1. The molecule has 2 saturated carbocycles. The van der Waals surface area contributed by atoms with Crippen LogP contribution in [-0.4, -0.2) is 93.5 Å². The van der Waals surface area contributed by atoms with E-state index < -0.39 is 87.3 Å². The number of alkyl halides is 2. The number of amides is 4. The van der Waals surface area contributed by atoms with E-state index >= 15 is 8.78 Å². The number of rotatable bonds is 8. The van der Waals surface area contributed by atoms with Crippen LogP contribution in [0.5, 0.6) is 5.88 Å². The quantitative estimate of drug-likeness (QED) is 0.304. The number of nitrogens with zero attached hydrogens (tertiary/aromatic N) is 4. The molecule has 0 spiro atoms. The lowest BCUT2D eigenvalue weighted by Crippen LogP contribution is -2.58. The lowest BCUT2D eigenvalue weighted by Gasteiger charge is -2.30. The number of hydrogen-bond acceptors (Lipinski definition) is 11. The van der Waals surface area contributed by atoms with E-state index in [0.717, 1.165) is 0 Å². The highest BCUT2D eigenvalue weighted by atomic mass is 32.2. The van der Waals surface area contributed by atoms with E-state index in [2.05, 4.69) is 25.8 Å².